The summed E-state index contributed by atoms with van der Waals surface area (Å²) >= 11 is 0. The van der Waals surface area contributed by atoms with E-state index < -0.39 is 0 Å². The largest absolute Gasteiger partial charge is 0.494 e. The highest BCUT2D eigenvalue weighted by molar-refractivity contribution is 5.75. The fraction of sp³-hybridized carbons (Fsp3) is 0.300. The van der Waals surface area contributed by atoms with E-state index in [1.807, 2.05) is 36.4 Å². The predicted octanol–water partition coefficient (Wildman–Crippen LogP) is 3.45. The van der Waals surface area contributed by atoms with E-state index in [0.717, 1.165) is 42.0 Å². The second-order valence-electron chi connectivity index (χ2n) is 6.04. The van der Waals surface area contributed by atoms with Gasteiger partial charge < -0.3 is 14.6 Å². The molecule has 0 spiro atoms. The first-order chi connectivity index (χ1) is 12.3. The summed E-state index contributed by atoms with van der Waals surface area (Å²) in [5, 5.41) is 2.71. The van der Waals surface area contributed by atoms with Crippen LogP contribution in [0.3, 0.4) is 0 Å². The molecule has 0 saturated carbocycles. The van der Waals surface area contributed by atoms with Gasteiger partial charge in [0.15, 0.2) is 0 Å². The Bertz CT molecular complexity index is 842. The number of nitrogens with zero attached hydrogens (tertiary/aromatic N) is 2. The molecule has 2 aromatic carbocycles. The Morgan fingerprint density at radius 1 is 1.16 bits per heavy atom. The van der Waals surface area contributed by atoms with E-state index in [4.69, 9.17) is 4.74 Å². The van der Waals surface area contributed by atoms with Crippen molar-refractivity contribution in [2.75, 3.05) is 6.61 Å². The molecule has 1 N–H and O–H groups in total. The molecule has 1 amide bonds. The Labute approximate surface area is 147 Å². The molecule has 0 aliphatic heterocycles. The maximum Gasteiger partial charge on any atom is 0.207 e. The van der Waals surface area contributed by atoms with Gasteiger partial charge in [-0.1, -0.05) is 24.3 Å². The predicted molar refractivity (Wildman–Crippen MR) is 98.5 cm³/mol. The molecule has 0 fully saturated rings. The topological polar surface area (TPSA) is 56.1 Å². The molecule has 0 bridgehead atoms. The van der Waals surface area contributed by atoms with Crippen LogP contribution >= 0.6 is 0 Å². The molecule has 3 rings (SSSR count). The second-order valence-corrected chi connectivity index (χ2v) is 6.04. The number of fused-ring (bicyclic) bond motifs is 1. The number of imidazole rings is 1. The van der Waals surface area contributed by atoms with Crippen molar-refractivity contribution in [1.29, 1.82) is 0 Å². The van der Waals surface area contributed by atoms with Crippen molar-refractivity contribution in [3.63, 3.8) is 0 Å². The van der Waals surface area contributed by atoms with Gasteiger partial charge in [-0.2, -0.15) is 0 Å². The van der Waals surface area contributed by atoms with Crippen molar-refractivity contribution in [3.05, 3.63) is 59.9 Å². The van der Waals surface area contributed by atoms with Crippen LogP contribution < -0.4 is 10.1 Å². The van der Waals surface area contributed by atoms with Crippen molar-refractivity contribution in [1.82, 2.24) is 14.9 Å². The fourth-order valence-corrected chi connectivity index (χ4v) is 2.91. The number of para-hydroxylation sites is 2. The summed E-state index contributed by atoms with van der Waals surface area (Å²) in [7, 11) is 0. The van der Waals surface area contributed by atoms with Gasteiger partial charge in [0.2, 0.25) is 6.41 Å². The van der Waals surface area contributed by atoms with Gasteiger partial charge in [-0.05, 0) is 49.6 Å². The van der Waals surface area contributed by atoms with Gasteiger partial charge in [0.05, 0.1) is 24.2 Å². The Balaban J connectivity index is 1.57. The summed E-state index contributed by atoms with van der Waals surface area (Å²) in [5.74, 6) is 1.80. The maximum atomic E-state index is 10.6. The molecule has 0 aliphatic carbocycles. The zero-order valence-corrected chi connectivity index (χ0v) is 14.4. The lowest BCUT2D eigenvalue weighted by atomic mass is 10.2. The lowest BCUT2D eigenvalue weighted by Crippen LogP contribution is -2.15. The average Bonchev–Trinajstić information content (AvgIpc) is 2.97. The van der Waals surface area contributed by atoms with Crippen molar-refractivity contribution in [2.24, 2.45) is 0 Å². The lowest BCUT2D eigenvalue weighted by molar-refractivity contribution is -0.109. The first kappa shape index (κ1) is 17.0. The normalized spacial score (nSPS) is 10.8. The summed E-state index contributed by atoms with van der Waals surface area (Å²) in [6.07, 6.45) is 2.65. The van der Waals surface area contributed by atoms with E-state index in [1.165, 1.54) is 5.56 Å². The zero-order chi connectivity index (χ0) is 17.5. The van der Waals surface area contributed by atoms with E-state index in [0.29, 0.717) is 19.6 Å². The number of nitrogens with one attached hydrogen (secondary N) is 1. The molecule has 130 valence electrons. The lowest BCUT2D eigenvalue weighted by Gasteiger charge is -2.10. The van der Waals surface area contributed by atoms with Crippen LogP contribution in [0, 0.1) is 6.92 Å². The summed E-state index contributed by atoms with van der Waals surface area (Å²) in [6.45, 7) is 4.05. The number of carbonyl (C=O) groups is 1. The van der Waals surface area contributed by atoms with Crippen LogP contribution in [0.25, 0.3) is 11.0 Å². The van der Waals surface area contributed by atoms with E-state index >= 15 is 0 Å². The highest BCUT2D eigenvalue weighted by Gasteiger charge is 2.09. The molecular weight excluding hydrogens is 314 g/mol. The Morgan fingerprint density at radius 3 is 2.88 bits per heavy atom. The first-order valence-corrected chi connectivity index (χ1v) is 8.58. The first-order valence-electron chi connectivity index (χ1n) is 8.58. The van der Waals surface area contributed by atoms with E-state index in [-0.39, 0.29) is 0 Å². The Kier molecular flexibility index (Phi) is 5.67. The van der Waals surface area contributed by atoms with E-state index in [1.54, 1.807) is 0 Å². The number of hydrogen-bond acceptors (Lipinski definition) is 3. The van der Waals surface area contributed by atoms with Crippen LogP contribution in [-0.2, 0) is 17.9 Å². The minimum atomic E-state index is 0.442. The van der Waals surface area contributed by atoms with Crippen molar-refractivity contribution in [2.45, 2.75) is 32.9 Å². The van der Waals surface area contributed by atoms with Gasteiger partial charge in [-0.25, -0.2) is 4.98 Å². The number of aromatic nitrogens is 2. The zero-order valence-electron chi connectivity index (χ0n) is 14.4. The molecule has 0 aliphatic rings. The Morgan fingerprint density at radius 2 is 2.04 bits per heavy atom. The third-order valence-corrected chi connectivity index (χ3v) is 4.11. The molecule has 3 aromatic rings. The van der Waals surface area contributed by atoms with Gasteiger partial charge in [-0.15, -0.1) is 0 Å². The molecule has 0 radical (unpaired) electrons. The van der Waals surface area contributed by atoms with Gasteiger partial charge in [0.1, 0.15) is 11.6 Å². The molecule has 0 atom stereocenters. The molecule has 0 saturated heterocycles. The minimum Gasteiger partial charge on any atom is -0.494 e. The number of ether oxygens (including phenoxy) is 1. The highest BCUT2D eigenvalue weighted by Crippen LogP contribution is 2.17. The molecule has 25 heavy (non-hydrogen) atoms. The minimum absolute atomic E-state index is 0.442. The number of benzene rings is 2. The third-order valence-electron chi connectivity index (χ3n) is 4.11. The smallest absolute Gasteiger partial charge is 0.207 e. The summed E-state index contributed by atoms with van der Waals surface area (Å²) in [5.41, 5.74) is 3.26. The summed E-state index contributed by atoms with van der Waals surface area (Å²) < 4.78 is 7.98. The molecule has 1 heterocycles. The van der Waals surface area contributed by atoms with Gasteiger partial charge in [0, 0.05) is 6.54 Å². The number of amides is 1. The summed E-state index contributed by atoms with van der Waals surface area (Å²) in [4.78, 5) is 15.2. The van der Waals surface area contributed by atoms with Crippen LogP contribution in [0.15, 0.2) is 48.5 Å². The van der Waals surface area contributed by atoms with Gasteiger partial charge >= 0.3 is 0 Å². The molecule has 0 unspecified atom stereocenters. The van der Waals surface area contributed by atoms with Crippen LogP contribution in [0.2, 0.25) is 0 Å². The summed E-state index contributed by atoms with van der Waals surface area (Å²) in [6, 6.07) is 16.2. The number of rotatable bonds is 9. The van der Waals surface area contributed by atoms with Crippen molar-refractivity contribution >= 4 is 17.4 Å². The van der Waals surface area contributed by atoms with Gasteiger partial charge in [-0.3, -0.25) is 4.79 Å². The monoisotopic (exact) mass is 337 g/mol. The standard InChI is InChI=1S/C20H23N3O2/c1-16-7-6-8-17(13-16)25-12-5-4-11-23-19-10-3-2-9-18(19)22-20(23)14-21-15-24/h2-3,6-10,13,15H,4-5,11-12,14H2,1H3,(H,21,24). The second kappa shape index (κ2) is 8.33. The van der Waals surface area contributed by atoms with E-state index in [9.17, 15) is 4.79 Å². The number of aryl methyl sites for hydroxylation is 2. The highest BCUT2D eigenvalue weighted by atomic mass is 16.5. The molecular formula is C20H23N3O2. The average molecular weight is 337 g/mol. The van der Waals surface area contributed by atoms with Gasteiger partial charge in [0.25, 0.3) is 0 Å². The quantitative estimate of drug-likeness (QED) is 0.481. The van der Waals surface area contributed by atoms with Crippen LogP contribution in [0.1, 0.15) is 24.2 Å². The molecule has 5 heteroatoms. The fourth-order valence-electron chi connectivity index (χ4n) is 2.91. The van der Waals surface area contributed by atoms with Crippen molar-refractivity contribution < 1.29 is 9.53 Å². The molecule has 5 nitrogen and oxygen atoms in total. The van der Waals surface area contributed by atoms with E-state index in [2.05, 4.69) is 33.9 Å². The number of hydrogen-bond donors (Lipinski definition) is 1. The Hall–Kier alpha value is -2.82. The van der Waals surface area contributed by atoms with Crippen LogP contribution in [0.5, 0.6) is 5.75 Å². The number of carbonyl (C=O) groups excluding carboxylic acids is 1. The SMILES string of the molecule is Cc1cccc(OCCCCn2c(CNC=O)nc3ccccc32)c1. The van der Waals surface area contributed by atoms with Crippen molar-refractivity contribution in [3.8, 4) is 5.75 Å². The molecule has 1 aromatic heterocycles. The van der Waals surface area contributed by atoms with Crippen LogP contribution in [0.4, 0.5) is 0 Å². The number of unbranched alkanes of at least 4 members (excludes halogenated alkanes) is 1. The third kappa shape index (κ3) is 4.38. The maximum absolute atomic E-state index is 10.6. The van der Waals surface area contributed by atoms with Crippen LogP contribution in [-0.4, -0.2) is 22.6 Å².